The number of rotatable bonds is 5. The van der Waals surface area contributed by atoms with Crippen molar-refractivity contribution < 1.29 is 14.1 Å². The zero-order chi connectivity index (χ0) is 17.8. The average Bonchev–Trinajstić information content (AvgIpc) is 3.38. The molecule has 2 aromatic carbocycles. The molecule has 0 aliphatic rings. The molecule has 0 radical (unpaired) electrons. The second-order valence-corrected chi connectivity index (χ2v) is 6.63. The number of carbonyl (C=O) groups is 1. The van der Waals surface area contributed by atoms with Crippen LogP contribution >= 0.6 is 11.3 Å². The van der Waals surface area contributed by atoms with Crippen molar-refractivity contribution in [2.45, 2.75) is 6.61 Å². The molecule has 0 saturated carbocycles. The van der Waals surface area contributed by atoms with Crippen LogP contribution < -0.4 is 0 Å². The van der Waals surface area contributed by atoms with Crippen molar-refractivity contribution >= 4 is 17.3 Å². The van der Waals surface area contributed by atoms with E-state index in [-0.39, 0.29) is 12.6 Å². The summed E-state index contributed by atoms with van der Waals surface area (Å²) < 4.78 is 10.6. The maximum absolute atomic E-state index is 12.2. The van der Waals surface area contributed by atoms with Gasteiger partial charge in [-0.2, -0.15) is 0 Å². The summed E-state index contributed by atoms with van der Waals surface area (Å²) in [4.78, 5) is 13.2. The minimum absolute atomic E-state index is 0.0775. The van der Waals surface area contributed by atoms with Crippen LogP contribution in [0.1, 0.15) is 16.1 Å². The van der Waals surface area contributed by atoms with Crippen LogP contribution in [0.15, 0.2) is 82.7 Å². The van der Waals surface area contributed by atoms with Crippen molar-refractivity contribution in [3.63, 3.8) is 0 Å². The monoisotopic (exact) mass is 361 g/mol. The van der Waals surface area contributed by atoms with E-state index in [1.165, 1.54) is 0 Å². The van der Waals surface area contributed by atoms with Gasteiger partial charge in [-0.05, 0) is 34.7 Å². The lowest BCUT2D eigenvalue weighted by Crippen LogP contribution is -2.05. The van der Waals surface area contributed by atoms with Gasteiger partial charge in [0.25, 0.3) is 0 Å². The lowest BCUT2D eigenvalue weighted by molar-refractivity contribution is 0.0464. The van der Waals surface area contributed by atoms with Crippen molar-refractivity contribution in [2.24, 2.45) is 0 Å². The van der Waals surface area contributed by atoms with Gasteiger partial charge in [-0.1, -0.05) is 53.7 Å². The molecule has 2 aromatic heterocycles. The number of ether oxygens (including phenoxy) is 1. The minimum Gasteiger partial charge on any atom is -0.455 e. The SMILES string of the molecule is O=C(OCc1cc(-c2cccs2)on1)c1ccc(-c2ccccc2)cc1. The molecule has 4 rings (SSSR count). The molecule has 0 aliphatic heterocycles. The van der Waals surface area contributed by atoms with E-state index in [0.717, 1.165) is 16.0 Å². The molecule has 0 amide bonds. The van der Waals surface area contributed by atoms with Gasteiger partial charge in [-0.25, -0.2) is 4.79 Å². The Morgan fingerprint density at radius 1 is 0.962 bits per heavy atom. The second kappa shape index (κ2) is 7.37. The second-order valence-electron chi connectivity index (χ2n) is 5.68. The van der Waals surface area contributed by atoms with Gasteiger partial charge in [-0.3, -0.25) is 0 Å². The molecule has 0 saturated heterocycles. The number of esters is 1. The largest absolute Gasteiger partial charge is 0.455 e. The van der Waals surface area contributed by atoms with Crippen molar-refractivity contribution in [3.8, 4) is 21.8 Å². The Labute approximate surface area is 154 Å². The Morgan fingerprint density at radius 2 is 1.73 bits per heavy atom. The van der Waals surface area contributed by atoms with E-state index < -0.39 is 0 Å². The topological polar surface area (TPSA) is 52.3 Å². The summed E-state index contributed by atoms with van der Waals surface area (Å²) in [5.74, 6) is 0.295. The molecule has 0 bridgehead atoms. The number of hydrogen-bond acceptors (Lipinski definition) is 5. The highest BCUT2D eigenvalue weighted by molar-refractivity contribution is 7.13. The molecule has 4 nitrogen and oxygen atoms in total. The first-order chi connectivity index (χ1) is 12.8. The predicted octanol–water partition coefficient (Wildman–Crippen LogP) is 5.43. The van der Waals surface area contributed by atoms with E-state index in [1.807, 2.05) is 60.0 Å². The third kappa shape index (κ3) is 3.58. The van der Waals surface area contributed by atoms with Crippen LogP contribution in [0.2, 0.25) is 0 Å². The van der Waals surface area contributed by atoms with Gasteiger partial charge in [0.2, 0.25) is 0 Å². The number of hydrogen-bond donors (Lipinski definition) is 0. The molecule has 4 aromatic rings. The average molecular weight is 361 g/mol. The molecule has 0 N–H and O–H groups in total. The molecule has 0 atom stereocenters. The van der Waals surface area contributed by atoms with Crippen LogP contribution in [0.25, 0.3) is 21.8 Å². The molecule has 0 spiro atoms. The molecule has 0 unspecified atom stereocenters. The number of carbonyl (C=O) groups excluding carboxylic acids is 1. The first kappa shape index (κ1) is 16.3. The van der Waals surface area contributed by atoms with Gasteiger partial charge in [0.05, 0.1) is 10.4 Å². The summed E-state index contributed by atoms with van der Waals surface area (Å²) in [5.41, 5.74) is 3.25. The van der Waals surface area contributed by atoms with Gasteiger partial charge in [0, 0.05) is 6.07 Å². The smallest absolute Gasteiger partial charge is 0.338 e. The van der Waals surface area contributed by atoms with E-state index in [1.54, 1.807) is 29.5 Å². The third-order valence-corrected chi connectivity index (χ3v) is 4.79. The summed E-state index contributed by atoms with van der Waals surface area (Å²) in [7, 11) is 0. The van der Waals surface area contributed by atoms with Crippen molar-refractivity contribution in [1.82, 2.24) is 5.16 Å². The predicted molar refractivity (Wildman–Crippen MR) is 101 cm³/mol. The molecule has 26 heavy (non-hydrogen) atoms. The van der Waals surface area contributed by atoms with Crippen LogP contribution in [0, 0.1) is 0 Å². The van der Waals surface area contributed by atoms with Gasteiger partial charge < -0.3 is 9.26 Å². The Balaban J connectivity index is 1.39. The molecule has 2 heterocycles. The van der Waals surface area contributed by atoms with E-state index in [4.69, 9.17) is 9.26 Å². The van der Waals surface area contributed by atoms with Crippen LogP contribution in [0.5, 0.6) is 0 Å². The number of benzene rings is 2. The standard InChI is InChI=1S/C21H15NO3S/c23-21(17-10-8-16(9-11-17)15-5-2-1-3-6-15)24-14-18-13-19(25-22-18)20-7-4-12-26-20/h1-13H,14H2. The summed E-state index contributed by atoms with van der Waals surface area (Å²) >= 11 is 1.57. The maximum Gasteiger partial charge on any atom is 0.338 e. The highest BCUT2D eigenvalue weighted by Crippen LogP contribution is 2.25. The molecule has 5 heteroatoms. The summed E-state index contributed by atoms with van der Waals surface area (Å²) in [6.07, 6.45) is 0. The van der Waals surface area contributed by atoms with E-state index in [0.29, 0.717) is 17.0 Å². The first-order valence-corrected chi connectivity index (χ1v) is 9.00. The van der Waals surface area contributed by atoms with Crippen LogP contribution in [0.4, 0.5) is 0 Å². The summed E-state index contributed by atoms with van der Waals surface area (Å²) in [6.45, 7) is 0.0775. The highest BCUT2D eigenvalue weighted by Gasteiger charge is 2.11. The van der Waals surface area contributed by atoms with Crippen LogP contribution in [0.3, 0.4) is 0 Å². The maximum atomic E-state index is 12.2. The quantitative estimate of drug-likeness (QED) is 0.445. The van der Waals surface area contributed by atoms with E-state index in [2.05, 4.69) is 5.16 Å². The fourth-order valence-corrected chi connectivity index (χ4v) is 3.24. The van der Waals surface area contributed by atoms with Gasteiger partial charge in [0.1, 0.15) is 12.3 Å². The molecular formula is C21H15NO3S. The summed E-state index contributed by atoms with van der Waals surface area (Å²) in [6, 6.07) is 23.1. The lowest BCUT2D eigenvalue weighted by atomic mass is 10.0. The Kier molecular flexibility index (Phi) is 4.62. The zero-order valence-corrected chi connectivity index (χ0v) is 14.6. The van der Waals surface area contributed by atoms with Crippen molar-refractivity contribution in [1.29, 1.82) is 0 Å². The number of nitrogens with zero attached hydrogens (tertiary/aromatic N) is 1. The molecule has 0 fully saturated rings. The number of aromatic nitrogens is 1. The van der Waals surface area contributed by atoms with Crippen LogP contribution in [-0.4, -0.2) is 11.1 Å². The van der Waals surface area contributed by atoms with Gasteiger partial charge in [0.15, 0.2) is 5.76 Å². The zero-order valence-electron chi connectivity index (χ0n) is 13.8. The highest BCUT2D eigenvalue weighted by atomic mass is 32.1. The van der Waals surface area contributed by atoms with Crippen molar-refractivity contribution in [3.05, 3.63) is 89.4 Å². The third-order valence-electron chi connectivity index (χ3n) is 3.90. The lowest BCUT2D eigenvalue weighted by Gasteiger charge is -2.05. The molecule has 0 aliphatic carbocycles. The Hall–Kier alpha value is -3.18. The fourth-order valence-electron chi connectivity index (χ4n) is 2.57. The Morgan fingerprint density at radius 3 is 2.46 bits per heavy atom. The fraction of sp³-hybridized carbons (Fsp3) is 0.0476. The van der Waals surface area contributed by atoms with Gasteiger partial charge in [-0.15, -0.1) is 11.3 Å². The number of thiophene rings is 1. The van der Waals surface area contributed by atoms with Crippen LogP contribution in [-0.2, 0) is 11.3 Å². The molecular weight excluding hydrogens is 346 g/mol. The molecule has 128 valence electrons. The van der Waals surface area contributed by atoms with Gasteiger partial charge >= 0.3 is 5.97 Å². The van der Waals surface area contributed by atoms with E-state index >= 15 is 0 Å². The summed E-state index contributed by atoms with van der Waals surface area (Å²) in [5, 5.41) is 5.91. The van der Waals surface area contributed by atoms with E-state index in [9.17, 15) is 4.79 Å². The first-order valence-electron chi connectivity index (χ1n) is 8.12. The minimum atomic E-state index is -0.384. The Bertz CT molecular complexity index is 989. The normalized spacial score (nSPS) is 10.6. The van der Waals surface area contributed by atoms with Crippen molar-refractivity contribution in [2.75, 3.05) is 0 Å².